The van der Waals surface area contributed by atoms with Crippen LogP contribution >= 0.6 is 0 Å². The molecule has 21 heavy (non-hydrogen) atoms. The molecule has 2 fully saturated rings. The van der Waals surface area contributed by atoms with Crippen molar-refractivity contribution in [3.8, 4) is 0 Å². The molecule has 2 heterocycles. The van der Waals surface area contributed by atoms with Crippen LogP contribution in [0.4, 0.5) is 0 Å². The predicted molar refractivity (Wildman–Crippen MR) is 82.4 cm³/mol. The lowest BCUT2D eigenvalue weighted by atomic mass is 9.84. The monoisotopic (exact) mass is 317 g/mol. The van der Waals surface area contributed by atoms with Crippen LogP contribution in [0.2, 0.25) is 0 Å². The molecule has 0 aromatic rings. The molecule has 0 spiro atoms. The van der Waals surface area contributed by atoms with Crippen LogP contribution in [0, 0.1) is 11.8 Å². The van der Waals surface area contributed by atoms with E-state index in [1.54, 1.807) is 0 Å². The number of piperazine rings is 1. The average Bonchev–Trinajstić information content (AvgIpc) is 2.47. The summed E-state index contributed by atoms with van der Waals surface area (Å²) in [4.78, 5) is 14.2. The molecule has 2 aliphatic rings. The Labute approximate surface area is 127 Å². The van der Waals surface area contributed by atoms with Gasteiger partial charge in [-0.1, -0.05) is 6.92 Å². The molecule has 7 heteroatoms. The van der Waals surface area contributed by atoms with Crippen LogP contribution < -0.4 is 5.32 Å². The first-order valence-electron chi connectivity index (χ1n) is 7.81. The molecule has 2 rings (SSSR count). The number of piperidine rings is 1. The number of nitrogens with zero attached hydrogens (tertiary/aromatic N) is 2. The van der Waals surface area contributed by atoms with E-state index in [0.717, 1.165) is 25.9 Å². The highest BCUT2D eigenvalue weighted by Gasteiger charge is 2.28. The van der Waals surface area contributed by atoms with Crippen molar-refractivity contribution in [1.29, 1.82) is 0 Å². The van der Waals surface area contributed by atoms with Crippen molar-refractivity contribution in [3.05, 3.63) is 0 Å². The first-order valence-corrected chi connectivity index (χ1v) is 9.66. The minimum atomic E-state index is -3.13. The first kappa shape index (κ1) is 16.7. The third kappa shape index (κ3) is 4.66. The summed E-state index contributed by atoms with van der Waals surface area (Å²) < 4.78 is 24.4. The van der Waals surface area contributed by atoms with Gasteiger partial charge in [0.1, 0.15) is 0 Å². The van der Waals surface area contributed by atoms with Crippen molar-refractivity contribution < 1.29 is 13.2 Å². The van der Waals surface area contributed by atoms with Gasteiger partial charge in [-0.25, -0.2) is 8.42 Å². The summed E-state index contributed by atoms with van der Waals surface area (Å²) >= 11 is 0. The Kier molecular flexibility index (Phi) is 5.62. The van der Waals surface area contributed by atoms with Gasteiger partial charge in [-0.3, -0.25) is 4.79 Å². The number of hydrogen-bond donors (Lipinski definition) is 1. The average molecular weight is 317 g/mol. The molecule has 1 atom stereocenters. The predicted octanol–water partition coefficient (Wildman–Crippen LogP) is 0.116. The van der Waals surface area contributed by atoms with Gasteiger partial charge in [-0.15, -0.1) is 0 Å². The normalized spacial score (nSPS) is 24.0. The number of sulfonamides is 1. The van der Waals surface area contributed by atoms with Crippen LogP contribution in [0.1, 0.15) is 26.2 Å². The fraction of sp³-hybridized carbons (Fsp3) is 0.929. The Bertz CT molecular complexity index is 452. The van der Waals surface area contributed by atoms with Crippen molar-refractivity contribution in [2.75, 3.05) is 45.5 Å². The van der Waals surface area contributed by atoms with E-state index in [9.17, 15) is 13.2 Å². The van der Waals surface area contributed by atoms with E-state index in [2.05, 4.69) is 12.2 Å². The van der Waals surface area contributed by atoms with Crippen LogP contribution in [0.5, 0.6) is 0 Å². The van der Waals surface area contributed by atoms with Crippen LogP contribution in [0.15, 0.2) is 0 Å². The summed E-state index contributed by atoms with van der Waals surface area (Å²) in [5.41, 5.74) is 0. The fourth-order valence-electron chi connectivity index (χ4n) is 3.25. The maximum atomic E-state index is 12.3. The van der Waals surface area contributed by atoms with Crippen molar-refractivity contribution in [3.63, 3.8) is 0 Å². The zero-order chi connectivity index (χ0) is 15.5. The van der Waals surface area contributed by atoms with E-state index < -0.39 is 10.0 Å². The molecule has 0 radical (unpaired) electrons. The van der Waals surface area contributed by atoms with E-state index >= 15 is 0 Å². The number of hydrogen-bond acceptors (Lipinski definition) is 4. The molecule has 0 aliphatic carbocycles. The molecule has 1 unspecified atom stereocenters. The van der Waals surface area contributed by atoms with Crippen LogP contribution in [0.3, 0.4) is 0 Å². The Morgan fingerprint density at radius 3 is 2.29 bits per heavy atom. The number of carbonyl (C=O) groups is 1. The van der Waals surface area contributed by atoms with Gasteiger partial charge < -0.3 is 10.2 Å². The molecule has 122 valence electrons. The highest BCUT2D eigenvalue weighted by Crippen LogP contribution is 2.25. The number of carbonyl (C=O) groups excluding carboxylic acids is 1. The van der Waals surface area contributed by atoms with E-state index in [4.69, 9.17) is 0 Å². The number of nitrogens with one attached hydrogen (secondary N) is 1. The van der Waals surface area contributed by atoms with Gasteiger partial charge in [0.15, 0.2) is 0 Å². The quantitative estimate of drug-likeness (QED) is 0.799. The van der Waals surface area contributed by atoms with Gasteiger partial charge >= 0.3 is 0 Å². The summed E-state index contributed by atoms with van der Waals surface area (Å²) in [7, 11) is -3.13. The Morgan fingerprint density at radius 1 is 1.19 bits per heavy atom. The Hall–Kier alpha value is -0.660. The molecule has 6 nitrogen and oxygen atoms in total. The van der Waals surface area contributed by atoms with Gasteiger partial charge in [-0.05, 0) is 37.8 Å². The molecule has 0 aromatic heterocycles. The fourth-order valence-corrected chi connectivity index (χ4v) is 4.08. The van der Waals surface area contributed by atoms with Crippen molar-refractivity contribution in [2.45, 2.75) is 26.2 Å². The number of amides is 1. The molecular formula is C14H27N3O3S. The molecular weight excluding hydrogens is 290 g/mol. The van der Waals surface area contributed by atoms with E-state index in [1.807, 2.05) is 4.90 Å². The topological polar surface area (TPSA) is 69.7 Å². The van der Waals surface area contributed by atoms with Gasteiger partial charge in [0, 0.05) is 32.6 Å². The molecule has 2 saturated heterocycles. The zero-order valence-corrected chi connectivity index (χ0v) is 13.9. The third-order valence-corrected chi connectivity index (χ3v) is 6.05. The summed E-state index contributed by atoms with van der Waals surface area (Å²) in [6, 6.07) is 0. The molecule has 0 saturated carbocycles. The molecule has 0 aromatic carbocycles. The maximum absolute atomic E-state index is 12.3. The second kappa shape index (κ2) is 7.07. The molecule has 0 bridgehead atoms. The highest BCUT2D eigenvalue weighted by atomic mass is 32.2. The molecule has 1 amide bonds. The Balaban J connectivity index is 1.79. The second-order valence-electron chi connectivity index (χ2n) is 6.31. The maximum Gasteiger partial charge on any atom is 0.222 e. The van der Waals surface area contributed by atoms with Gasteiger partial charge in [-0.2, -0.15) is 4.31 Å². The van der Waals surface area contributed by atoms with Crippen molar-refractivity contribution in [2.24, 2.45) is 11.8 Å². The van der Waals surface area contributed by atoms with Crippen LogP contribution in [-0.2, 0) is 14.8 Å². The van der Waals surface area contributed by atoms with E-state index in [-0.39, 0.29) is 5.91 Å². The lowest BCUT2D eigenvalue weighted by Gasteiger charge is -2.35. The smallest absolute Gasteiger partial charge is 0.222 e. The summed E-state index contributed by atoms with van der Waals surface area (Å²) in [6.45, 7) is 6.15. The SMILES string of the molecule is CC(CC(=O)N1CCN(S(C)(=O)=O)CC1)C1CCNCC1. The minimum absolute atomic E-state index is 0.175. The lowest BCUT2D eigenvalue weighted by Crippen LogP contribution is -2.50. The van der Waals surface area contributed by atoms with Crippen LogP contribution in [0.25, 0.3) is 0 Å². The lowest BCUT2D eigenvalue weighted by molar-refractivity contribution is -0.133. The van der Waals surface area contributed by atoms with Crippen molar-refractivity contribution in [1.82, 2.24) is 14.5 Å². The van der Waals surface area contributed by atoms with Crippen molar-refractivity contribution >= 4 is 15.9 Å². The second-order valence-corrected chi connectivity index (χ2v) is 8.29. The minimum Gasteiger partial charge on any atom is -0.340 e. The van der Waals surface area contributed by atoms with Gasteiger partial charge in [0.05, 0.1) is 6.26 Å². The summed E-state index contributed by atoms with van der Waals surface area (Å²) in [6.07, 6.45) is 4.11. The standard InChI is InChI=1S/C14H27N3O3S/c1-12(13-3-5-15-6-4-13)11-14(18)16-7-9-17(10-8-16)21(2,19)20/h12-13,15H,3-11H2,1-2H3. The summed E-state index contributed by atoms with van der Waals surface area (Å²) in [5.74, 6) is 1.22. The van der Waals surface area contributed by atoms with Crippen LogP contribution in [-0.4, -0.2) is 69.1 Å². The summed E-state index contributed by atoms with van der Waals surface area (Å²) in [5, 5.41) is 3.35. The zero-order valence-electron chi connectivity index (χ0n) is 13.0. The largest absolute Gasteiger partial charge is 0.340 e. The number of rotatable bonds is 4. The molecule has 1 N–H and O–H groups in total. The first-order chi connectivity index (χ1) is 9.88. The molecule has 2 aliphatic heterocycles. The van der Waals surface area contributed by atoms with Gasteiger partial charge in [0.2, 0.25) is 15.9 Å². The van der Waals surface area contributed by atoms with Gasteiger partial charge in [0.25, 0.3) is 0 Å². The third-order valence-electron chi connectivity index (χ3n) is 4.75. The van der Waals surface area contributed by atoms with E-state index in [1.165, 1.54) is 10.6 Å². The Morgan fingerprint density at radius 2 is 1.76 bits per heavy atom. The highest BCUT2D eigenvalue weighted by molar-refractivity contribution is 7.88. The van der Waals surface area contributed by atoms with E-state index in [0.29, 0.717) is 44.4 Å².